The molecule has 2 N–H and O–H groups in total. The number of rotatable bonds is 5. The Morgan fingerprint density at radius 1 is 1.11 bits per heavy atom. The summed E-state index contributed by atoms with van der Waals surface area (Å²) in [6, 6.07) is 12.9. The molecule has 28 heavy (non-hydrogen) atoms. The summed E-state index contributed by atoms with van der Waals surface area (Å²) in [6.07, 6.45) is 8.39. The van der Waals surface area contributed by atoms with Gasteiger partial charge in [0.15, 0.2) is 0 Å². The number of hydrogen-bond donors (Lipinski definition) is 2. The van der Waals surface area contributed by atoms with Gasteiger partial charge in [-0.05, 0) is 49.4 Å². The number of benzene rings is 1. The first-order valence-corrected chi connectivity index (χ1v) is 10.1. The highest BCUT2D eigenvalue weighted by atomic mass is 19.1. The highest BCUT2D eigenvalue weighted by molar-refractivity contribution is 5.87. The second-order valence-electron chi connectivity index (χ2n) is 7.27. The number of fused-ring (bicyclic) bond motifs is 1. The van der Waals surface area contributed by atoms with E-state index in [0.29, 0.717) is 12.6 Å². The maximum absolute atomic E-state index is 11.7. The van der Waals surface area contributed by atoms with Gasteiger partial charge < -0.3 is 15.1 Å². The molecule has 0 bridgehead atoms. The molecule has 0 unspecified atom stereocenters. The van der Waals surface area contributed by atoms with Crippen molar-refractivity contribution in [2.24, 2.45) is 0 Å². The van der Waals surface area contributed by atoms with Gasteiger partial charge in [0.25, 0.3) is 0 Å². The van der Waals surface area contributed by atoms with E-state index in [0.717, 1.165) is 33.7 Å². The standard InChI is InChI=1S/C15H14N2O.C8H16FN.2H2/c1-10-3-6-14(18-10)11-4-5-12-9-17-15(16-2)8-13(12)7-11;9-6-7-10-8-4-2-1-3-5-8;;/h3-9H,1-2H3,(H,16,17);8,10H,1-7H2;2*1H. The van der Waals surface area contributed by atoms with Gasteiger partial charge in [0.05, 0.1) is 0 Å². The fraction of sp³-hybridized carbons (Fsp3) is 0.435. The Kier molecular flexibility index (Phi) is 7.43. The molecule has 0 atom stereocenters. The van der Waals surface area contributed by atoms with Crippen LogP contribution in [0.3, 0.4) is 0 Å². The summed E-state index contributed by atoms with van der Waals surface area (Å²) in [6.45, 7) is 2.27. The molecule has 4 nitrogen and oxygen atoms in total. The lowest BCUT2D eigenvalue weighted by Crippen LogP contribution is -2.32. The van der Waals surface area contributed by atoms with E-state index in [1.165, 1.54) is 32.1 Å². The van der Waals surface area contributed by atoms with E-state index in [2.05, 4.69) is 33.8 Å². The fourth-order valence-electron chi connectivity index (χ4n) is 3.59. The smallest absolute Gasteiger partial charge is 0.134 e. The third-order valence-electron chi connectivity index (χ3n) is 5.14. The predicted octanol–water partition coefficient (Wildman–Crippen LogP) is 6.22. The van der Waals surface area contributed by atoms with Crippen LogP contribution in [0, 0.1) is 6.92 Å². The van der Waals surface area contributed by atoms with Crippen molar-refractivity contribution in [2.45, 2.75) is 45.1 Å². The van der Waals surface area contributed by atoms with E-state index in [1.807, 2.05) is 38.4 Å². The molecular weight excluding hydrogens is 353 g/mol. The minimum atomic E-state index is -0.226. The van der Waals surface area contributed by atoms with Crippen molar-refractivity contribution in [1.29, 1.82) is 0 Å². The van der Waals surface area contributed by atoms with Crippen molar-refractivity contribution in [3.8, 4) is 11.3 Å². The Morgan fingerprint density at radius 3 is 2.61 bits per heavy atom. The summed E-state index contributed by atoms with van der Waals surface area (Å²) in [5.74, 6) is 2.70. The van der Waals surface area contributed by atoms with Gasteiger partial charge in [-0.25, -0.2) is 9.37 Å². The second kappa shape index (κ2) is 10.2. The Hall–Kier alpha value is -2.40. The molecule has 0 radical (unpaired) electrons. The number of nitrogens with one attached hydrogen (secondary N) is 2. The molecule has 1 aliphatic carbocycles. The van der Waals surface area contributed by atoms with Crippen molar-refractivity contribution in [2.75, 3.05) is 25.6 Å². The first kappa shape index (κ1) is 20.3. The van der Waals surface area contributed by atoms with Gasteiger partial charge in [-0.15, -0.1) is 0 Å². The predicted molar refractivity (Wildman–Crippen MR) is 119 cm³/mol. The molecule has 3 aromatic rings. The Bertz CT molecular complexity index is 882. The van der Waals surface area contributed by atoms with Gasteiger partial charge in [-0.3, -0.25) is 0 Å². The Balaban J connectivity index is 0.000000325. The van der Waals surface area contributed by atoms with Gasteiger partial charge in [-0.1, -0.05) is 31.4 Å². The van der Waals surface area contributed by atoms with Crippen molar-refractivity contribution in [3.63, 3.8) is 0 Å². The molecule has 1 aromatic carbocycles. The lowest BCUT2D eigenvalue weighted by Gasteiger charge is -2.21. The molecule has 0 saturated heterocycles. The van der Waals surface area contributed by atoms with Crippen LogP contribution >= 0.6 is 0 Å². The third kappa shape index (κ3) is 5.55. The van der Waals surface area contributed by atoms with E-state index in [1.54, 1.807) is 0 Å². The van der Waals surface area contributed by atoms with Crippen molar-refractivity contribution in [1.82, 2.24) is 10.3 Å². The SMILES string of the molecule is CNc1cc2cc(-c3ccc(C)o3)ccc2cn1.FCCNC1CCCCC1.[HH].[HH]. The van der Waals surface area contributed by atoms with Crippen LogP contribution < -0.4 is 10.6 Å². The molecule has 1 aliphatic rings. The first-order valence-electron chi connectivity index (χ1n) is 10.1. The zero-order chi connectivity index (χ0) is 19.8. The number of pyridine rings is 1. The van der Waals surface area contributed by atoms with Crippen LogP contribution in [0.25, 0.3) is 22.1 Å². The average molecular weight is 388 g/mol. The summed E-state index contributed by atoms with van der Waals surface area (Å²) in [4.78, 5) is 4.30. The van der Waals surface area contributed by atoms with Crippen LogP contribution in [0.1, 0.15) is 40.7 Å². The van der Waals surface area contributed by atoms with E-state index >= 15 is 0 Å². The second-order valence-corrected chi connectivity index (χ2v) is 7.27. The maximum Gasteiger partial charge on any atom is 0.134 e. The van der Waals surface area contributed by atoms with Crippen LogP contribution in [-0.4, -0.2) is 31.3 Å². The van der Waals surface area contributed by atoms with E-state index in [-0.39, 0.29) is 9.53 Å². The van der Waals surface area contributed by atoms with Crippen LogP contribution in [0.5, 0.6) is 0 Å². The van der Waals surface area contributed by atoms with Crippen molar-refractivity contribution in [3.05, 3.63) is 48.4 Å². The van der Waals surface area contributed by atoms with E-state index in [9.17, 15) is 4.39 Å². The van der Waals surface area contributed by atoms with Gasteiger partial charge in [0.1, 0.15) is 24.0 Å². The number of nitrogens with zero attached hydrogens (tertiary/aromatic N) is 1. The number of anilines is 1. The topological polar surface area (TPSA) is 50.1 Å². The summed E-state index contributed by atoms with van der Waals surface area (Å²) in [5.41, 5.74) is 1.09. The van der Waals surface area contributed by atoms with Gasteiger partial charge >= 0.3 is 0 Å². The zero-order valence-corrected chi connectivity index (χ0v) is 16.8. The number of halogens is 1. The number of aryl methyl sites for hydroxylation is 1. The lowest BCUT2D eigenvalue weighted by atomic mass is 9.96. The summed E-state index contributed by atoms with van der Waals surface area (Å²) in [7, 11) is 1.87. The average Bonchev–Trinajstić information content (AvgIpc) is 3.19. The molecule has 2 heterocycles. The first-order chi connectivity index (χ1) is 13.7. The van der Waals surface area contributed by atoms with Gasteiger partial charge in [0.2, 0.25) is 0 Å². The summed E-state index contributed by atoms with van der Waals surface area (Å²) < 4.78 is 17.3. The largest absolute Gasteiger partial charge is 0.461 e. The molecule has 1 fully saturated rings. The quantitative estimate of drug-likeness (QED) is 0.546. The maximum atomic E-state index is 11.7. The highest BCUT2D eigenvalue weighted by Gasteiger charge is 2.11. The number of hydrogen-bond acceptors (Lipinski definition) is 4. The minimum absolute atomic E-state index is 0. The Labute approximate surface area is 169 Å². The third-order valence-corrected chi connectivity index (χ3v) is 5.14. The Morgan fingerprint density at radius 2 is 1.93 bits per heavy atom. The summed E-state index contributed by atoms with van der Waals surface area (Å²) >= 11 is 0. The van der Waals surface area contributed by atoms with Crippen LogP contribution in [0.15, 0.2) is 47.0 Å². The molecule has 2 aromatic heterocycles. The van der Waals surface area contributed by atoms with Crippen LogP contribution in [0.2, 0.25) is 0 Å². The number of furan rings is 1. The van der Waals surface area contributed by atoms with Crippen LogP contribution in [0.4, 0.5) is 10.2 Å². The molecule has 4 rings (SSSR count). The molecule has 154 valence electrons. The molecule has 5 heteroatoms. The molecule has 1 saturated carbocycles. The minimum Gasteiger partial charge on any atom is -0.461 e. The lowest BCUT2D eigenvalue weighted by molar-refractivity contribution is 0.353. The number of aromatic nitrogens is 1. The van der Waals surface area contributed by atoms with Crippen LogP contribution in [-0.2, 0) is 0 Å². The van der Waals surface area contributed by atoms with Crippen molar-refractivity contribution < 1.29 is 11.7 Å². The molecule has 0 aliphatic heterocycles. The highest BCUT2D eigenvalue weighted by Crippen LogP contribution is 2.26. The molecule has 0 amide bonds. The summed E-state index contributed by atoms with van der Waals surface area (Å²) in [5, 5.41) is 8.52. The zero-order valence-electron chi connectivity index (χ0n) is 16.8. The van der Waals surface area contributed by atoms with E-state index in [4.69, 9.17) is 4.42 Å². The van der Waals surface area contributed by atoms with Crippen molar-refractivity contribution >= 4 is 16.6 Å². The molecule has 0 spiro atoms. The molecular formula is C23H34FN3O. The van der Waals surface area contributed by atoms with Gasteiger partial charge in [0, 0.05) is 39.6 Å². The van der Waals surface area contributed by atoms with E-state index < -0.39 is 0 Å². The number of alkyl halides is 1. The van der Waals surface area contributed by atoms with Gasteiger partial charge in [-0.2, -0.15) is 0 Å². The normalized spacial score (nSPS) is 14.5. The fourth-order valence-corrected chi connectivity index (χ4v) is 3.59. The monoisotopic (exact) mass is 387 g/mol.